The molecule has 0 fully saturated rings. The maximum absolute atomic E-state index is 11.2. The molecule has 94 valence electrons. The van der Waals surface area contributed by atoms with E-state index in [0.717, 1.165) is 23.2 Å². The molecule has 0 saturated carbocycles. The van der Waals surface area contributed by atoms with Gasteiger partial charge in [-0.25, -0.2) is 4.98 Å². The molecule has 18 heavy (non-hydrogen) atoms. The Hall–Kier alpha value is -2.10. The number of H-pyrrole nitrogens is 1. The van der Waals surface area contributed by atoms with Crippen LogP contribution >= 0.6 is 0 Å². The average Bonchev–Trinajstić information content (AvgIpc) is 2.91. The van der Waals surface area contributed by atoms with Crippen molar-refractivity contribution >= 4 is 5.97 Å². The molecule has 1 heterocycles. The number of rotatable bonds is 5. The first kappa shape index (κ1) is 12.4. The maximum atomic E-state index is 11.2. The number of benzene rings is 1. The third-order valence-electron chi connectivity index (χ3n) is 2.62. The van der Waals surface area contributed by atoms with E-state index in [9.17, 15) is 4.79 Å². The Bertz CT molecular complexity index is 489. The van der Waals surface area contributed by atoms with Gasteiger partial charge in [0.15, 0.2) is 0 Å². The van der Waals surface area contributed by atoms with Crippen molar-refractivity contribution in [2.75, 3.05) is 0 Å². The van der Waals surface area contributed by atoms with Gasteiger partial charge in [0.2, 0.25) is 0 Å². The minimum Gasteiger partial charge on any atom is -0.461 e. The molecule has 1 aromatic carbocycles. The normalized spacial score (nSPS) is 10.3. The minimum absolute atomic E-state index is 0.143. The molecule has 0 aliphatic heterocycles. The number of hydrogen-bond donors (Lipinski definition) is 1. The second kappa shape index (κ2) is 6.00. The Labute approximate surface area is 106 Å². The molecule has 0 saturated heterocycles. The van der Waals surface area contributed by atoms with Gasteiger partial charge in [0, 0.05) is 6.42 Å². The molecule has 4 heteroatoms. The predicted octanol–water partition coefficient (Wildman–Crippen LogP) is 2.92. The van der Waals surface area contributed by atoms with E-state index in [1.165, 1.54) is 0 Å². The molecule has 4 nitrogen and oxygen atoms in total. The molecule has 2 rings (SSSR count). The predicted molar refractivity (Wildman–Crippen MR) is 68.7 cm³/mol. The lowest BCUT2D eigenvalue weighted by Crippen LogP contribution is -2.03. The van der Waals surface area contributed by atoms with Gasteiger partial charge in [-0.05, 0) is 17.5 Å². The highest BCUT2D eigenvalue weighted by molar-refractivity contribution is 5.69. The SMILES string of the molecule is CCCC(=O)OCc1ccc(-c2cnc[nH]2)cc1. The van der Waals surface area contributed by atoms with E-state index in [4.69, 9.17) is 4.74 Å². The Morgan fingerprint density at radius 1 is 1.33 bits per heavy atom. The number of nitrogens with zero attached hydrogens (tertiary/aromatic N) is 1. The highest BCUT2D eigenvalue weighted by Crippen LogP contribution is 2.16. The molecule has 0 aliphatic rings. The number of imidazole rings is 1. The lowest BCUT2D eigenvalue weighted by molar-refractivity contribution is -0.144. The van der Waals surface area contributed by atoms with Gasteiger partial charge in [0.1, 0.15) is 6.61 Å². The highest BCUT2D eigenvalue weighted by atomic mass is 16.5. The summed E-state index contributed by atoms with van der Waals surface area (Å²) in [6.45, 7) is 2.29. The summed E-state index contributed by atoms with van der Waals surface area (Å²) in [6.07, 6.45) is 4.72. The van der Waals surface area contributed by atoms with Crippen LogP contribution in [0.3, 0.4) is 0 Å². The van der Waals surface area contributed by atoms with Gasteiger partial charge in [0.25, 0.3) is 0 Å². The Kier molecular flexibility index (Phi) is 4.12. The molecule has 2 aromatic rings. The summed E-state index contributed by atoms with van der Waals surface area (Å²) >= 11 is 0. The molecule has 0 radical (unpaired) electrons. The van der Waals surface area contributed by atoms with Gasteiger partial charge in [-0.1, -0.05) is 31.2 Å². The zero-order valence-electron chi connectivity index (χ0n) is 10.3. The lowest BCUT2D eigenvalue weighted by Gasteiger charge is -2.05. The number of esters is 1. The van der Waals surface area contributed by atoms with Crippen LogP contribution in [0.25, 0.3) is 11.3 Å². The first-order valence-electron chi connectivity index (χ1n) is 6.03. The fourth-order valence-corrected chi connectivity index (χ4v) is 1.63. The second-order valence-electron chi connectivity index (χ2n) is 4.07. The van der Waals surface area contributed by atoms with E-state index in [1.54, 1.807) is 12.5 Å². The molecule has 0 bridgehead atoms. The summed E-state index contributed by atoms with van der Waals surface area (Å²) in [4.78, 5) is 18.3. The third-order valence-corrected chi connectivity index (χ3v) is 2.62. The van der Waals surface area contributed by atoms with Crippen molar-refractivity contribution in [3.63, 3.8) is 0 Å². The van der Waals surface area contributed by atoms with Crippen LogP contribution in [0.15, 0.2) is 36.8 Å². The van der Waals surface area contributed by atoms with Crippen molar-refractivity contribution in [2.45, 2.75) is 26.4 Å². The minimum atomic E-state index is -0.143. The van der Waals surface area contributed by atoms with Crippen molar-refractivity contribution in [3.05, 3.63) is 42.4 Å². The molecule has 0 unspecified atom stereocenters. The van der Waals surface area contributed by atoms with Crippen LogP contribution in [0.5, 0.6) is 0 Å². The number of aromatic amines is 1. The highest BCUT2D eigenvalue weighted by Gasteiger charge is 2.02. The maximum Gasteiger partial charge on any atom is 0.306 e. The summed E-state index contributed by atoms with van der Waals surface area (Å²) in [5, 5.41) is 0. The smallest absolute Gasteiger partial charge is 0.306 e. The van der Waals surface area contributed by atoms with Crippen LogP contribution in [0.4, 0.5) is 0 Å². The largest absolute Gasteiger partial charge is 0.461 e. The first-order valence-corrected chi connectivity index (χ1v) is 6.03. The topological polar surface area (TPSA) is 55.0 Å². The Morgan fingerprint density at radius 3 is 2.72 bits per heavy atom. The molecule has 0 aliphatic carbocycles. The van der Waals surface area contributed by atoms with E-state index >= 15 is 0 Å². The molecular weight excluding hydrogens is 228 g/mol. The zero-order chi connectivity index (χ0) is 12.8. The van der Waals surface area contributed by atoms with Crippen LogP contribution in [-0.2, 0) is 16.1 Å². The number of carbonyl (C=O) groups is 1. The third kappa shape index (κ3) is 3.20. The van der Waals surface area contributed by atoms with Gasteiger partial charge in [-0.2, -0.15) is 0 Å². The van der Waals surface area contributed by atoms with Crippen LogP contribution in [-0.4, -0.2) is 15.9 Å². The number of hydrogen-bond acceptors (Lipinski definition) is 3. The van der Waals surface area contributed by atoms with Crippen LogP contribution in [0.2, 0.25) is 0 Å². The van der Waals surface area contributed by atoms with E-state index in [1.807, 2.05) is 31.2 Å². The van der Waals surface area contributed by atoms with Gasteiger partial charge in [-0.15, -0.1) is 0 Å². The quantitative estimate of drug-likeness (QED) is 0.823. The molecule has 0 amide bonds. The monoisotopic (exact) mass is 244 g/mol. The van der Waals surface area contributed by atoms with Gasteiger partial charge < -0.3 is 9.72 Å². The van der Waals surface area contributed by atoms with Crippen molar-refractivity contribution in [1.82, 2.24) is 9.97 Å². The first-order chi connectivity index (χ1) is 8.79. The Morgan fingerprint density at radius 2 is 2.11 bits per heavy atom. The van der Waals surface area contributed by atoms with Crippen molar-refractivity contribution in [1.29, 1.82) is 0 Å². The van der Waals surface area contributed by atoms with Crippen molar-refractivity contribution in [3.8, 4) is 11.3 Å². The van der Waals surface area contributed by atoms with Crippen molar-refractivity contribution in [2.24, 2.45) is 0 Å². The van der Waals surface area contributed by atoms with Gasteiger partial charge >= 0.3 is 5.97 Å². The standard InChI is InChI=1S/C14H16N2O2/c1-2-3-14(17)18-9-11-4-6-12(7-5-11)13-8-15-10-16-13/h4-8,10H,2-3,9H2,1H3,(H,15,16). The fourth-order valence-electron chi connectivity index (χ4n) is 1.63. The van der Waals surface area contributed by atoms with E-state index in [0.29, 0.717) is 13.0 Å². The van der Waals surface area contributed by atoms with Crippen LogP contribution < -0.4 is 0 Å². The van der Waals surface area contributed by atoms with E-state index in [-0.39, 0.29) is 5.97 Å². The Balaban J connectivity index is 1.94. The average molecular weight is 244 g/mol. The van der Waals surface area contributed by atoms with Crippen LogP contribution in [0.1, 0.15) is 25.3 Å². The number of nitrogens with one attached hydrogen (secondary N) is 1. The zero-order valence-corrected chi connectivity index (χ0v) is 10.3. The molecule has 0 atom stereocenters. The summed E-state index contributed by atoms with van der Waals surface area (Å²) in [7, 11) is 0. The fraction of sp³-hybridized carbons (Fsp3) is 0.286. The molecule has 0 spiro atoms. The number of aromatic nitrogens is 2. The lowest BCUT2D eigenvalue weighted by atomic mass is 10.1. The number of ether oxygens (including phenoxy) is 1. The van der Waals surface area contributed by atoms with Gasteiger partial charge in [-0.3, -0.25) is 4.79 Å². The summed E-state index contributed by atoms with van der Waals surface area (Å²) < 4.78 is 5.14. The summed E-state index contributed by atoms with van der Waals surface area (Å²) in [5.74, 6) is -0.143. The second-order valence-corrected chi connectivity index (χ2v) is 4.07. The molecular formula is C14H16N2O2. The van der Waals surface area contributed by atoms with E-state index in [2.05, 4.69) is 9.97 Å². The van der Waals surface area contributed by atoms with Crippen molar-refractivity contribution < 1.29 is 9.53 Å². The molecule has 1 aromatic heterocycles. The summed E-state index contributed by atoms with van der Waals surface area (Å²) in [6, 6.07) is 7.87. The molecule has 1 N–H and O–H groups in total. The summed E-state index contributed by atoms with van der Waals surface area (Å²) in [5.41, 5.74) is 3.03. The number of carbonyl (C=O) groups excluding carboxylic acids is 1. The van der Waals surface area contributed by atoms with E-state index < -0.39 is 0 Å². The van der Waals surface area contributed by atoms with Crippen LogP contribution in [0, 0.1) is 0 Å². The van der Waals surface area contributed by atoms with Gasteiger partial charge in [0.05, 0.1) is 18.2 Å².